The molecule has 0 aromatic heterocycles. The molecule has 1 aromatic carbocycles. The van der Waals surface area contributed by atoms with Gasteiger partial charge in [-0.25, -0.2) is 17.2 Å². The Kier molecular flexibility index (Phi) is 6.24. The molecule has 0 bridgehead atoms. The molecule has 22 heavy (non-hydrogen) atoms. The molecule has 3 N–H and O–H groups in total. The highest BCUT2D eigenvalue weighted by Crippen LogP contribution is 2.17. The number of carbonyl (C=O) groups excluding carboxylic acids is 1. The van der Waals surface area contributed by atoms with Crippen molar-refractivity contribution in [3.63, 3.8) is 0 Å². The number of hydrogen-bond donors (Lipinski definition) is 2. The second-order valence-electron chi connectivity index (χ2n) is 4.55. The van der Waals surface area contributed by atoms with Crippen molar-refractivity contribution in [2.45, 2.75) is 10.8 Å². The second-order valence-corrected chi connectivity index (χ2v) is 7.03. The molecule has 0 saturated heterocycles. The van der Waals surface area contributed by atoms with Gasteiger partial charge in [0, 0.05) is 12.1 Å². The summed E-state index contributed by atoms with van der Waals surface area (Å²) >= 11 is 5.67. The summed E-state index contributed by atoms with van der Waals surface area (Å²) in [5.41, 5.74) is 4.83. The number of likely N-dealkylation sites (N-methyl/N-ethyl adjacent to an activating group) is 1. The summed E-state index contributed by atoms with van der Waals surface area (Å²) in [6.07, 6.45) is 0. The zero-order valence-corrected chi connectivity index (χ0v) is 13.3. The lowest BCUT2D eigenvalue weighted by Gasteiger charge is -2.18. The van der Waals surface area contributed by atoms with Gasteiger partial charge < -0.3 is 11.1 Å². The first-order chi connectivity index (χ1) is 10.1. The average Bonchev–Trinajstić information content (AvgIpc) is 2.45. The number of halogens is 3. The third-order valence-corrected chi connectivity index (χ3v) is 4.80. The first kappa shape index (κ1) is 18.8. The first-order valence-corrected chi connectivity index (χ1v) is 7.97. The second kappa shape index (κ2) is 7.32. The SMILES string of the molecule is CN(CC(=O)NCC(F)(F)CN)S(=O)(=O)c1ccc(Cl)cc1. The van der Waals surface area contributed by atoms with E-state index in [1.807, 2.05) is 5.32 Å². The highest BCUT2D eigenvalue weighted by atomic mass is 35.5. The molecule has 0 atom stereocenters. The van der Waals surface area contributed by atoms with E-state index in [4.69, 9.17) is 17.3 Å². The molecule has 0 spiro atoms. The average molecular weight is 356 g/mol. The molecule has 1 aromatic rings. The lowest BCUT2D eigenvalue weighted by Crippen LogP contribution is -2.45. The van der Waals surface area contributed by atoms with Crippen LogP contribution in [0.1, 0.15) is 0 Å². The Morgan fingerprint density at radius 3 is 2.41 bits per heavy atom. The van der Waals surface area contributed by atoms with E-state index in [0.29, 0.717) is 5.02 Å². The van der Waals surface area contributed by atoms with Crippen LogP contribution in [0.4, 0.5) is 8.78 Å². The molecule has 10 heteroatoms. The number of benzene rings is 1. The fourth-order valence-electron chi connectivity index (χ4n) is 1.43. The van der Waals surface area contributed by atoms with Gasteiger partial charge in [-0.3, -0.25) is 4.79 Å². The third kappa shape index (κ3) is 5.16. The Morgan fingerprint density at radius 2 is 1.91 bits per heavy atom. The van der Waals surface area contributed by atoms with Crippen LogP contribution in [0.25, 0.3) is 0 Å². The Hall–Kier alpha value is -1.29. The molecular weight excluding hydrogens is 340 g/mol. The molecule has 1 amide bonds. The molecule has 124 valence electrons. The van der Waals surface area contributed by atoms with Crippen molar-refractivity contribution >= 4 is 27.5 Å². The van der Waals surface area contributed by atoms with Gasteiger partial charge in [0.15, 0.2) is 0 Å². The normalized spacial score (nSPS) is 12.5. The van der Waals surface area contributed by atoms with Crippen molar-refractivity contribution in [1.29, 1.82) is 0 Å². The minimum atomic E-state index is -3.91. The van der Waals surface area contributed by atoms with Gasteiger partial charge in [0.05, 0.1) is 24.5 Å². The van der Waals surface area contributed by atoms with Gasteiger partial charge in [-0.05, 0) is 24.3 Å². The molecule has 0 fully saturated rings. The smallest absolute Gasteiger partial charge is 0.277 e. The standard InChI is InChI=1S/C12H16ClF2N3O3S/c1-18(6-11(19)17-8-12(14,15)7-16)22(20,21)10-4-2-9(13)3-5-10/h2-5H,6-8,16H2,1H3,(H,17,19). The van der Waals surface area contributed by atoms with Crippen molar-refractivity contribution < 1.29 is 22.0 Å². The first-order valence-electron chi connectivity index (χ1n) is 6.15. The number of nitrogens with zero attached hydrogens (tertiary/aromatic N) is 1. The van der Waals surface area contributed by atoms with E-state index < -0.39 is 41.5 Å². The maximum Gasteiger partial charge on any atom is 0.277 e. The number of amides is 1. The molecule has 0 aliphatic carbocycles. The fraction of sp³-hybridized carbons (Fsp3) is 0.417. The molecule has 6 nitrogen and oxygen atoms in total. The number of sulfonamides is 1. The summed E-state index contributed by atoms with van der Waals surface area (Å²) in [7, 11) is -2.74. The molecule has 0 aliphatic heterocycles. The van der Waals surface area contributed by atoms with Gasteiger partial charge in [0.25, 0.3) is 5.92 Å². The Bertz CT molecular complexity index is 623. The van der Waals surface area contributed by atoms with Gasteiger partial charge in [-0.15, -0.1) is 0 Å². The van der Waals surface area contributed by atoms with Gasteiger partial charge >= 0.3 is 0 Å². The zero-order valence-electron chi connectivity index (χ0n) is 11.7. The Morgan fingerprint density at radius 1 is 1.36 bits per heavy atom. The summed E-state index contributed by atoms with van der Waals surface area (Å²) < 4.78 is 50.9. The molecule has 0 unspecified atom stereocenters. The molecule has 0 radical (unpaired) electrons. The maximum absolute atomic E-state index is 12.9. The summed E-state index contributed by atoms with van der Waals surface area (Å²) in [6.45, 7) is -2.45. The third-order valence-electron chi connectivity index (χ3n) is 2.73. The summed E-state index contributed by atoms with van der Waals surface area (Å²) in [5, 5.41) is 2.31. The minimum absolute atomic E-state index is 0.0560. The number of nitrogens with two attached hydrogens (primary N) is 1. The van der Waals surface area contributed by atoms with Crippen LogP contribution >= 0.6 is 11.6 Å². The van der Waals surface area contributed by atoms with Crippen LogP contribution < -0.4 is 11.1 Å². The number of hydrogen-bond acceptors (Lipinski definition) is 4. The van der Waals surface area contributed by atoms with E-state index in [0.717, 1.165) is 4.31 Å². The lowest BCUT2D eigenvalue weighted by atomic mass is 10.3. The van der Waals surface area contributed by atoms with Crippen molar-refractivity contribution in [2.75, 3.05) is 26.7 Å². The largest absolute Gasteiger partial charge is 0.349 e. The highest BCUT2D eigenvalue weighted by Gasteiger charge is 2.28. The van der Waals surface area contributed by atoms with E-state index in [1.54, 1.807) is 0 Å². The topological polar surface area (TPSA) is 92.5 Å². The number of rotatable bonds is 7. The van der Waals surface area contributed by atoms with Crippen molar-refractivity contribution in [2.24, 2.45) is 5.73 Å². The van der Waals surface area contributed by atoms with Gasteiger partial charge in [0.1, 0.15) is 0 Å². The minimum Gasteiger partial charge on any atom is -0.349 e. The number of carbonyl (C=O) groups is 1. The van der Waals surface area contributed by atoms with Crippen molar-refractivity contribution in [3.8, 4) is 0 Å². The lowest BCUT2D eigenvalue weighted by molar-refractivity contribution is -0.122. The van der Waals surface area contributed by atoms with Crippen LogP contribution in [0.3, 0.4) is 0 Å². The van der Waals surface area contributed by atoms with E-state index in [2.05, 4.69) is 0 Å². The van der Waals surface area contributed by atoms with Crippen LogP contribution in [0, 0.1) is 0 Å². The van der Waals surface area contributed by atoms with Crippen LogP contribution in [-0.4, -0.2) is 51.2 Å². The molecular formula is C12H16ClF2N3O3S. The van der Waals surface area contributed by atoms with Gasteiger partial charge in [-0.1, -0.05) is 11.6 Å². The van der Waals surface area contributed by atoms with E-state index in [1.165, 1.54) is 31.3 Å². The van der Waals surface area contributed by atoms with Crippen molar-refractivity contribution in [1.82, 2.24) is 9.62 Å². The molecule has 1 rings (SSSR count). The number of nitrogens with one attached hydrogen (secondary N) is 1. The quantitative estimate of drug-likeness (QED) is 0.752. The van der Waals surface area contributed by atoms with E-state index in [9.17, 15) is 22.0 Å². The molecule has 0 saturated carbocycles. The van der Waals surface area contributed by atoms with Crippen molar-refractivity contribution in [3.05, 3.63) is 29.3 Å². The monoisotopic (exact) mass is 355 g/mol. The highest BCUT2D eigenvalue weighted by molar-refractivity contribution is 7.89. The van der Waals surface area contributed by atoms with Crippen LogP contribution in [0.15, 0.2) is 29.2 Å². The van der Waals surface area contributed by atoms with Crippen LogP contribution in [0.5, 0.6) is 0 Å². The zero-order chi connectivity index (χ0) is 17.0. The summed E-state index contributed by atoms with van der Waals surface area (Å²) in [6, 6.07) is 5.36. The number of alkyl halides is 2. The predicted molar refractivity (Wildman–Crippen MR) is 78.3 cm³/mol. The fourth-order valence-corrected chi connectivity index (χ4v) is 2.68. The Balaban J connectivity index is 2.69. The maximum atomic E-state index is 12.9. The van der Waals surface area contributed by atoms with E-state index >= 15 is 0 Å². The summed E-state index contributed by atoms with van der Waals surface area (Å²) in [5.74, 6) is -4.09. The van der Waals surface area contributed by atoms with Crippen LogP contribution in [-0.2, 0) is 14.8 Å². The molecule has 0 heterocycles. The van der Waals surface area contributed by atoms with Crippen LogP contribution in [0.2, 0.25) is 5.02 Å². The summed E-state index contributed by atoms with van der Waals surface area (Å²) in [4.78, 5) is 11.5. The Labute approximate surface area is 132 Å². The predicted octanol–water partition coefficient (Wildman–Crippen LogP) is 0.671. The van der Waals surface area contributed by atoms with Gasteiger partial charge in [0.2, 0.25) is 15.9 Å². The van der Waals surface area contributed by atoms with Gasteiger partial charge in [-0.2, -0.15) is 4.31 Å². The van der Waals surface area contributed by atoms with E-state index in [-0.39, 0.29) is 4.90 Å². The molecule has 0 aliphatic rings.